The van der Waals surface area contributed by atoms with Gasteiger partial charge in [0.1, 0.15) is 11.8 Å². The Labute approximate surface area is 203 Å². The third-order valence-corrected chi connectivity index (χ3v) is 6.11. The molecule has 2 unspecified atom stereocenters. The van der Waals surface area contributed by atoms with Crippen LogP contribution in [0, 0.1) is 6.92 Å². The quantitative estimate of drug-likeness (QED) is 0.336. The number of hydrogen-bond acceptors (Lipinski definition) is 7. The maximum Gasteiger partial charge on any atom is 0.255 e. The van der Waals surface area contributed by atoms with Gasteiger partial charge in [0, 0.05) is 5.69 Å². The van der Waals surface area contributed by atoms with E-state index >= 15 is 0 Å². The summed E-state index contributed by atoms with van der Waals surface area (Å²) < 4.78 is 6.28. The molecule has 0 radical (unpaired) electrons. The highest BCUT2D eigenvalue weighted by molar-refractivity contribution is 6.03. The van der Waals surface area contributed by atoms with E-state index < -0.39 is 17.3 Å². The maximum atomic E-state index is 13.6. The lowest BCUT2D eigenvalue weighted by Gasteiger charge is -2.47. The number of aryl methyl sites for hydroxylation is 1. The second-order valence-electron chi connectivity index (χ2n) is 9.69. The summed E-state index contributed by atoms with van der Waals surface area (Å²) in [7, 11) is 0. The Morgan fingerprint density at radius 1 is 1.03 bits per heavy atom. The van der Waals surface area contributed by atoms with Crippen molar-refractivity contribution in [3.8, 4) is 0 Å². The minimum absolute atomic E-state index is 0.157. The molecule has 0 saturated carbocycles. The van der Waals surface area contributed by atoms with Crippen molar-refractivity contribution >= 4 is 28.6 Å². The fourth-order valence-corrected chi connectivity index (χ4v) is 4.42. The van der Waals surface area contributed by atoms with Gasteiger partial charge in [-0.2, -0.15) is 0 Å². The number of aromatic amines is 1. The summed E-state index contributed by atoms with van der Waals surface area (Å²) in [6.07, 6.45) is 3.06. The van der Waals surface area contributed by atoms with Crippen molar-refractivity contribution in [1.82, 2.24) is 25.3 Å². The summed E-state index contributed by atoms with van der Waals surface area (Å²) in [6.45, 7) is 8.20. The third kappa shape index (κ3) is 4.30. The van der Waals surface area contributed by atoms with Gasteiger partial charge < -0.3 is 25.7 Å². The number of benzene rings is 2. The summed E-state index contributed by atoms with van der Waals surface area (Å²) in [5, 5.41) is 10.4. The molecule has 0 bridgehead atoms. The average Bonchev–Trinajstić information content (AvgIpc) is 3.31. The van der Waals surface area contributed by atoms with E-state index in [0.29, 0.717) is 22.5 Å². The van der Waals surface area contributed by atoms with Gasteiger partial charge in [0.05, 0.1) is 30.1 Å². The molecule has 9 nitrogen and oxygen atoms in total. The van der Waals surface area contributed by atoms with Gasteiger partial charge in [0.15, 0.2) is 17.1 Å². The minimum atomic E-state index is -1.04. The van der Waals surface area contributed by atoms with Gasteiger partial charge in [-0.1, -0.05) is 42.5 Å². The van der Waals surface area contributed by atoms with Crippen molar-refractivity contribution in [2.24, 2.45) is 0 Å². The number of aromatic nitrogens is 4. The number of amides is 1. The number of rotatable bonds is 6. The SMILES string of the molecule is Cc1cccc2c1C(=O)NC(c1ccccc1)(C(COC(C)(C)C)Nc1ncnc3[nH]cnc13)N2. The first-order valence-electron chi connectivity index (χ1n) is 11.6. The largest absolute Gasteiger partial charge is 0.374 e. The lowest BCUT2D eigenvalue weighted by atomic mass is 9.87. The molecule has 2 atom stereocenters. The highest BCUT2D eigenvalue weighted by Gasteiger charge is 2.47. The van der Waals surface area contributed by atoms with E-state index in [0.717, 1.165) is 16.8 Å². The molecule has 2 aromatic heterocycles. The fraction of sp³-hybridized carbons (Fsp3) is 0.308. The molecular weight excluding hydrogens is 442 g/mol. The van der Waals surface area contributed by atoms with Crippen LogP contribution in [0.15, 0.2) is 61.2 Å². The number of nitrogens with zero attached hydrogens (tertiary/aromatic N) is 3. The third-order valence-electron chi connectivity index (χ3n) is 6.11. The number of nitrogens with one attached hydrogen (secondary N) is 4. The van der Waals surface area contributed by atoms with Gasteiger partial charge in [0.2, 0.25) is 0 Å². The van der Waals surface area contributed by atoms with E-state index in [1.165, 1.54) is 6.33 Å². The van der Waals surface area contributed by atoms with Crippen LogP contribution in [0.3, 0.4) is 0 Å². The molecule has 4 N–H and O–H groups in total. The smallest absolute Gasteiger partial charge is 0.255 e. The molecule has 9 heteroatoms. The number of anilines is 2. The number of carbonyl (C=O) groups excluding carboxylic acids is 1. The molecule has 35 heavy (non-hydrogen) atoms. The molecule has 5 rings (SSSR count). The molecule has 3 heterocycles. The van der Waals surface area contributed by atoms with E-state index in [-0.39, 0.29) is 12.5 Å². The lowest BCUT2D eigenvalue weighted by molar-refractivity contribution is -0.0172. The predicted molar refractivity (Wildman–Crippen MR) is 135 cm³/mol. The van der Waals surface area contributed by atoms with Crippen molar-refractivity contribution in [1.29, 1.82) is 0 Å². The van der Waals surface area contributed by atoms with Gasteiger partial charge in [-0.15, -0.1) is 0 Å². The van der Waals surface area contributed by atoms with Gasteiger partial charge in [-0.05, 0) is 44.9 Å². The van der Waals surface area contributed by atoms with Crippen molar-refractivity contribution in [2.75, 3.05) is 17.2 Å². The number of carbonyl (C=O) groups is 1. The van der Waals surface area contributed by atoms with E-state index in [1.807, 2.05) is 76.2 Å². The normalized spacial score (nSPS) is 18.5. The highest BCUT2D eigenvalue weighted by atomic mass is 16.5. The zero-order valence-corrected chi connectivity index (χ0v) is 20.2. The lowest BCUT2D eigenvalue weighted by Crippen LogP contribution is -2.65. The Hall–Kier alpha value is -3.98. The number of ether oxygens (including phenoxy) is 1. The summed E-state index contributed by atoms with van der Waals surface area (Å²) >= 11 is 0. The summed E-state index contributed by atoms with van der Waals surface area (Å²) in [5.74, 6) is 0.385. The van der Waals surface area contributed by atoms with E-state index in [2.05, 4.69) is 35.9 Å². The Kier molecular flexibility index (Phi) is 5.64. The number of hydrogen-bond donors (Lipinski definition) is 4. The van der Waals surface area contributed by atoms with E-state index in [1.54, 1.807) is 6.33 Å². The van der Waals surface area contributed by atoms with Crippen LogP contribution in [0.4, 0.5) is 11.5 Å². The summed E-state index contributed by atoms with van der Waals surface area (Å²) in [5.41, 5.74) is 2.94. The molecule has 0 aliphatic carbocycles. The zero-order valence-electron chi connectivity index (χ0n) is 20.2. The Bertz CT molecular complexity index is 1360. The van der Waals surface area contributed by atoms with Gasteiger partial charge in [0.25, 0.3) is 5.91 Å². The van der Waals surface area contributed by atoms with Crippen LogP contribution in [0.2, 0.25) is 0 Å². The summed E-state index contributed by atoms with van der Waals surface area (Å²) in [4.78, 5) is 29.7. The van der Waals surface area contributed by atoms with Gasteiger partial charge in [-0.25, -0.2) is 15.0 Å². The van der Waals surface area contributed by atoms with Crippen LogP contribution < -0.4 is 16.0 Å². The second-order valence-corrected chi connectivity index (χ2v) is 9.69. The van der Waals surface area contributed by atoms with Crippen molar-refractivity contribution in [2.45, 2.75) is 45.0 Å². The van der Waals surface area contributed by atoms with Crippen LogP contribution in [0.5, 0.6) is 0 Å². The molecule has 4 aromatic rings. The Balaban J connectivity index is 1.66. The Morgan fingerprint density at radius 3 is 2.60 bits per heavy atom. The average molecular weight is 472 g/mol. The summed E-state index contributed by atoms with van der Waals surface area (Å²) in [6, 6.07) is 15.2. The first-order valence-corrected chi connectivity index (χ1v) is 11.6. The van der Waals surface area contributed by atoms with Gasteiger partial charge >= 0.3 is 0 Å². The first kappa shape index (κ1) is 22.8. The molecule has 1 amide bonds. The highest BCUT2D eigenvalue weighted by Crippen LogP contribution is 2.37. The van der Waals surface area contributed by atoms with Crippen LogP contribution in [-0.4, -0.2) is 44.1 Å². The van der Waals surface area contributed by atoms with Crippen LogP contribution in [-0.2, 0) is 10.4 Å². The zero-order chi connectivity index (χ0) is 24.6. The van der Waals surface area contributed by atoms with Crippen molar-refractivity contribution < 1.29 is 9.53 Å². The van der Waals surface area contributed by atoms with Crippen molar-refractivity contribution in [3.05, 3.63) is 77.9 Å². The standard InChI is InChI=1S/C26H29N7O2/c1-16-9-8-12-18-20(16)24(34)33-26(32-18,17-10-6-5-7-11-17)19(13-35-25(2,3)4)31-23-21-22(28-14-27-21)29-15-30-23/h5-12,14-15,19,32H,13H2,1-4H3,(H,33,34)(H2,27,28,29,30,31). The fourth-order valence-electron chi connectivity index (χ4n) is 4.42. The van der Waals surface area contributed by atoms with Gasteiger partial charge in [-0.3, -0.25) is 4.79 Å². The maximum absolute atomic E-state index is 13.6. The van der Waals surface area contributed by atoms with Crippen LogP contribution >= 0.6 is 0 Å². The molecule has 0 saturated heterocycles. The second kappa shape index (κ2) is 8.66. The van der Waals surface area contributed by atoms with Crippen molar-refractivity contribution in [3.63, 3.8) is 0 Å². The molecule has 2 aromatic carbocycles. The molecule has 180 valence electrons. The Morgan fingerprint density at radius 2 is 1.83 bits per heavy atom. The molecular formula is C26H29N7O2. The molecule has 0 spiro atoms. The van der Waals surface area contributed by atoms with Crippen LogP contribution in [0.25, 0.3) is 11.2 Å². The number of H-pyrrole nitrogens is 1. The molecule has 0 fully saturated rings. The predicted octanol–water partition coefficient (Wildman–Crippen LogP) is 3.97. The van der Waals surface area contributed by atoms with E-state index in [9.17, 15) is 4.79 Å². The monoisotopic (exact) mass is 471 g/mol. The van der Waals surface area contributed by atoms with E-state index in [4.69, 9.17) is 4.74 Å². The minimum Gasteiger partial charge on any atom is -0.374 e. The number of fused-ring (bicyclic) bond motifs is 2. The molecule has 1 aliphatic rings. The molecule has 1 aliphatic heterocycles. The first-order chi connectivity index (χ1) is 16.8. The number of imidazole rings is 1. The van der Waals surface area contributed by atoms with Crippen LogP contribution in [0.1, 0.15) is 42.3 Å². The topological polar surface area (TPSA) is 117 Å².